The van der Waals surface area contributed by atoms with Crippen LogP contribution in [0.25, 0.3) is 5.76 Å². The highest BCUT2D eigenvalue weighted by molar-refractivity contribution is 6.51. The van der Waals surface area contributed by atoms with Crippen molar-refractivity contribution < 1.29 is 19.8 Å². The molecule has 1 aliphatic rings. The minimum atomic E-state index is -0.865. The Labute approximate surface area is 180 Å². The Morgan fingerprint density at radius 2 is 1.58 bits per heavy atom. The molecular weight excluding hydrogens is 390 g/mol. The van der Waals surface area contributed by atoms with Gasteiger partial charge >= 0.3 is 0 Å². The van der Waals surface area contributed by atoms with Crippen LogP contribution in [0.2, 0.25) is 0 Å². The number of aromatic hydroxyl groups is 1. The Bertz CT molecular complexity index is 1220. The fourth-order valence-corrected chi connectivity index (χ4v) is 3.85. The Hall–Kier alpha value is -3.86. The molecule has 156 valence electrons. The summed E-state index contributed by atoms with van der Waals surface area (Å²) in [6.45, 7) is 5.83. The fraction of sp³-hybridized carbons (Fsp3) is 0.154. The van der Waals surface area contributed by atoms with Gasteiger partial charge in [0, 0.05) is 11.3 Å². The van der Waals surface area contributed by atoms with Gasteiger partial charge in [-0.2, -0.15) is 0 Å². The molecule has 0 saturated carbocycles. The molecule has 0 aliphatic carbocycles. The summed E-state index contributed by atoms with van der Waals surface area (Å²) in [6, 6.07) is 18.2. The van der Waals surface area contributed by atoms with Gasteiger partial charge in [-0.3, -0.25) is 14.5 Å². The molecule has 1 saturated heterocycles. The van der Waals surface area contributed by atoms with E-state index in [9.17, 15) is 19.8 Å². The van der Waals surface area contributed by atoms with Crippen LogP contribution in [0.5, 0.6) is 5.75 Å². The Kier molecular flexibility index (Phi) is 5.11. The smallest absolute Gasteiger partial charge is 0.300 e. The fourth-order valence-electron chi connectivity index (χ4n) is 3.85. The molecule has 0 spiro atoms. The largest absolute Gasteiger partial charge is 0.508 e. The molecule has 3 aromatic carbocycles. The van der Waals surface area contributed by atoms with Gasteiger partial charge in [0.25, 0.3) is 11.7 Å². The summed E-state index contributed by atoms with van der Waals surface area (Å²) in [7, 11) is 0. The summed E-state index contributed by atoms with van der Waals surface area (Å²) in [5.74, 6) is -1.70. The van der Waals surface area contributed by atoms with Crippen molar-refractivity contribution in [2.45, 2.75) is 26.8 Å². The lowest BCUT2D eigenvalue weighted by molar-refractivity contribution is -0.132. The number of phenols is 1. The van der Waals surface area contributed by atoms with E-state index in [1.54, 1.807) is 30.3 Å². The van der Waals surface area contributed by atoms with Crippen molar-refractivity contribution in [3.63, 3.8) is 0 Å². The molecule has 2 N–H and O–H groups in total. The zero-order valence-corrected chi connectivity index (χ0v) is 17.6. The van der Waals surface area contributed by atoms with Crippen LogP contribution in [0.1, 0.15) is 33.9 Å². The highest BCUT2D eigenvalue weighted by atomic mass is 16.3. The lowest BCUT2D eigenvalue weighted by Crippen LogP contribution is -2.29. The summed E-state index contributed by atoms with van der Waals surface area (Å²) in [5, 5.41) is 21.1. The molecule has 0 aromatic heterocycles. The average molecular weight is 413 g/mol. The molecule has 1 heterocycles. The molecule has 0 radical (unpaired) electrons. The number of benzene rings is 3. The summed E-state index contributed by atoms with van der Waals surface area (Å²) in [6.07, 6.45) is 0. The van der Waals surface area contributed by atoms with E-state index in [1.807, 2.05) is 45.0 Å². The van der Waals surface area contributed by atoms with Crippen LogP contribution in [0.15, 0.2) is 72.3 Å². The number of carbonyl (C=O) groups is 2. The number of anilines is 1. The molecule has 3 aromatic rings. The van der Waals surface area contributed by atoms with Gasteiger partial charge in [0.15, 0.2) is 0 Å². The first-order valence-electron chi connectivity index (χ1n) is 10.0. The van der Waals surface area contributed by atoms with Crippen molar-refractivity contribution in [2.75, 3.05) is 4.90 Å². The van der Waals surface area contributed by atoms with Gasteiger partial charge < -0.3 is 10.2 Å². The third kappa shape index (κ3) is 3.59. The number of aliphatic hydroxyl groups is 1. The van der Waals surface area contributed by atoms with Crippen LogP contribution in [0.4, 0.5) is 5.69 Å². The number of Topliss-reactive ketones (excluding diaryl/α,β-unsaturated/α-hetero) is 1. The van der Waals surface area contributed by atoms with Crippen LogP contribution >= 0.6 is 0 Å². The lowest BCUT2D eigenvalue weighted by Gasteiger charge is -2.26. The number of ketones is 1. The van der Waals surface area contributed by atoms with Gasteiger partial charge in [-0.15, -0.1) is 0 Å². The number of aliphatic hydroxyl groups excluding tert-OH is 1. The summed E-state index contributed by atoms with van der Waals surface area (Å²) < 4.78 is 0. The Balaban J connectivity index is 1.96. The molecule has 5 nitrogen and oxygen atoms in total. The Morgan fingerprint density at radius 1 is 0.871 bits per heavy atom. The predicted molar refractivity (Wildman–Crippen MR) is 120 cm³/mol. The summed E-state index contributed by atoms with van der Waals surface area (Å²) in [5.41, 5.74) is 4.59. The van der Waals surface area contributed by atoms with Crippen LogP contribution in [-0.2, 0) is 9.59 Å². The topological polar surface area (TPSA) is 77.8 Å². The molecule has 1 aliphatic heterocycles. The van der Waals surface area contributed by atoms with E-state index in [-0.39, 0.29) is 17.1 Å². The normalized spacial score (nSPS) is 17.9. The number of hydrogen-bond donors (Lipinski definition) is 2. The number of hydrogen-bond acceptors (Lipinski definition) is 4. The zero-order valence-electron chi connectivity index (χ0n) is 17.6. The van der Waals surface area contributed by atoms with Crippen LogP contribution < -0.4 is 4.90 Å². The number of rotatable bonds is 3. The molecule has 1 unspecified atom stereocenters. The molecule has 1 fully saturated rings. The summed E-state index contributed by atoms with van der Waals surface area (Å²) >= 11 is 0. The SMILES string of the molecule is Cc1ccc(/C(O)=C2\C(=O)C(=O)N(c3ccc(C)c(C)c3)C2c2cccc(O)c2)cc1. The lowest BCUT2D eigenvalue weighted by atomic mass is 9.94. The number of amides is 1. The van der Waals surface area contributed by atoms with Gasteiger partial charge in [0.05, 0.1) is 11.6 Å². The first-order valence-corrected chi connectivity index (χ1v) is 10.0. The minimum absolute atomic E-state index is 0.00215. The van der Waals surface area contributed by atoms with Gasteiger partial charge in [-0.1, -0.05) is 48.0 Å². The zero-order chi connectivity index (χ0) is 22.3. The molecule has 5 heteroatoms. The Morgan fingerprint density at radius 3 is 2.23 bits per heavy atom. The number of aryl methyl sites for hydroxylation is 3. The second-order valence-corrected chi connectivity index (χ2v) is 7.90. The van der Waals surface area contributed by atoms with E-state index in [2.05, 4.69) is 0 Å². The first-order chi connectivity index (χ1) is 14.8. The maximum absolute atomic E-state index is 13.1. The molecule has 4 rings (SSSR count). The van der Waals surface area contributed by atoms with E-state index >= 15 is 0 Å². The number of carbonyl (C=O) groups excluding carboxylic acids is 2. The molecule has 0 bridgehead atoms. The van der Waals surface area contributed by atoms with Gasteiger partial charge in [0.2, 0.25) is 0 Å². The highest BCUT2D eigenvalue weighted by Crippen LogP contribution is 2.43. The van der Waals surface area contributed by atoms with E-state index in [1.165, 1.54) is 17.0 Å². The van der Waals surface area contributed by atoms with Gasteiger partial charge in [-0.25, -0.2) is 0 Å². The van der Waals surface area contributed by atoms with Gasteiger partial charge in [0.1, 0.15) is 11.5 Å². The number of phenolic OH excluding ortho intramolecular Hbond substituents is 1. The van der Waals surface area contributed by atoms with Crippen LogP contribution in [0, 0.1) is 20.8 Å². The maximum atomic E-state index is 13.1. The van der Waals surface area contributed by atoms with E-state index in [4.69, 9.17) is 0 Å². The van der Waals surface area contributed by atoms with Crippen LogP contribution in [0.3, 0.4) is 0 Å². The summed E-state index contributed by atoms with van der Waals surface area (Å²) in [4.78, 5) is 27.7. The van der Waals surface area contributed by atoms with Crippen molar-refractivity contribution in [2.24, 2.45) is 0 Å². The van der Waals surface area contributed by atoms with Crippen molar-refractivity contribution in [1.29, 1.82) is 0 Å². The van der Waals surface area contributed by atoms with Gasteiger partial charge in [-0.05, 0) is 61.7 Å². The standard InChI is InChI=1S/C26H23NO4/c1-15-7-10-18(11-8-15)24(29)22-23(19-5-4-6-21(28)14-19)27(26(31)25(22)30)20-12-9-16(2)17(3)13-20/h4-14,23,28-29H,1-3H3/b24-22+. The number of nitrogens with zero attached hydrogens (tertiary/aromatic N) is 1. The second-order valence-electron chi connectivity index (χ2n) is 7.90. The van der Waals surface area contributed by atoms with Crippen molar-refractivity contribution >= 4 is 23.1 Å². The predicted octanol–water partition coefficient (Wildman–Crippen LogP) is 4.94. The quantitative estimate of drug-likeness (QED) is 0.362. The van der Waals surface area contributed by atoms with Crippen molar-refractivity contribution in [3.05, 3.63) is 100 Å². The molecule has 1 atom stereocenters. The third-order valence-electron chi connectivity index (χ3n) is 5.72. The minimum Gasteiger partial charge on any atom is -0.508 e. The van der Waals surface area contributed by atoms with Crippen LogP contribution in [-0.4, -0.2) is 21.9 Å². The highest BCUT2D eigenvalue weighted by Gasteiger charge is 2.47. The average Bonchev–Trinajstić information content (AvgIpc) is 3.01. The van der Waals surface area contributed by atoms with E-state index in [0.717, 1.165) is 16.7 Å². The second kappa shape index (κ2) is 7.76. The first kappa shape index (κ1) is 20.4. The molecule has 1 amide bonds. The van der Waals surface area contributed by atoms with E-state index in [0.29, 0.717) is 16.8 Å². The van der Waals surface area contributed by atoms with E-state index < -0.39 is 17.7 Å². The third-order valence-corrected chi connectivity index (χ3v) is 5.72. The molecule has 31 heavy (non-hydrogen) atoms. The maximum Gasteiger partial charge on any atom is 0.300 e. The monoisotopic (exact) mass is 413 g/mol. The van der Waals surface area contributed by atoms with Crippen molar-refractivity contribution in [1.82, 2.24) is 0 Å². The van der Waals surface area contributed by atoms with Crippen molar-refractivity contribution in [3.8, 4) is 5.75 Å². The molecular formula is C26H23NO4.